The van der Waals surface area contributed by atoms with E-state index >= 15 is 0 Å². The predicted octanol–water partition coefficient (Wildman–Crippen LogP) is 18.7. The van der Waals surface area contributed by atoms with E-state index in [1.807, 2.05) is 0 Å². The summed E-state index contributed by atoms with van der Waals surface area (Å²) < 4.78 is 10.6. The van der Waals surface area contributed by atoms with Crippen LogP contribution >= 0.6 is 0 Å². The predicted molar refractivity (Wildman–Crippen MR) is 288 cm³/mol. The fraction of sp³-hybridized carbons (Fsp3) is 0.705. The van der Waals surface area contributed by atoms with Crippen LogP contribution in [0, 0.1) is 0 Å². The molecule has 0 aliphatic heterocycles. The number of ether oxygens (including phenoxy) is 2. The summed E-state index contributed by atoms with van der Waals surface area (Å²) in [5.74, 6) is -0.621. The van der Waals surface area contributed by atoms with E-state index < -0.39 is 6.10 Å². The Hall–Kier alpha value is -3.18. The summed E-state index contributed by atoms with van der Waals surface area (Å²) in [7, 11) is 0. The van der Waals surface area contributed by atoms with Crippen LogP contribution in [0.4, 0.5) is 0 Å². The molecule has 0 aliphatic carbocycles. The molecule has 0 aromatic rings. The van der Waals surface area contributed by atoms with Crippen molar-refractivity contribution in [2.75, 3.05) is 13.2 Å². The third kappa shape index (κ3) is 53.4. The fourth-order valence-electron chi connectivity index (χ4n) is 7.77. The van der Waals surface area contributed by atoms with Gasteiger partial charge in [-0.25, -0.2) is 0 Å². The lowest BCUT2D eigenvalue weighted by Gasteiger charge is -2.15. The van der Waals surface area contributed by atoms with E-state index in [4.69, 9.17) is 9.47 Å². The fourth-order valence-corrected chi connectivity index (χ4v) is 7.77. The van der Waals surface area contributed by atoms with Gasteiger partial charge in [0.1, 0.15) is 6.61 Å². The van der Waals surface area contributed by atoms with Gasteiger partial charge in [-0.3, -0.25) is 9.59 Å². The van der Waals surface area contributed by atoms with Gasteiger partial charge in [0.05, 0.1) is 6.61 Å². The van der Waals surface area contributed by atoms with Crippen LogP contribution in [-0.4, -0.2) is 36.4 Å². The number of aliphatic hydroxyl groups is 1. The number of carbonyl (C=O) groups excluding carboxylic acids is 2. The summed E-state index contributed by atoms with van der Waals surface area (Å²) in [5.41, 5.74) is 0. The molecule has 0 spiro atoms. The molecule has 1 N–H and O–H groups in total. The average molecular weight is 917 g/mol. The van der Waals surface area contributed by atoms with Crippen molar-refractivity contribution in [2.24, 2.45) is 0 Å². The molecule has 1 unspecified atom stereocenters. The smallest absolute Gasteiger partial charge is 0.306 e. The highest BCUT2D eigenvalue weighted by Gasteiger charge is 2.16. The van der Waals surface area contributed by atoms with E-state index in [2.05, 4.69) is 111 Å². The van der Waals surface area contributed by atoms with Crippen LogP contribution in [0.3, 0.4) is 0 Å². The van der Waals surface area contributed by atoms with Crippen LogP contribution in [0.1, 0.15) is 258 Å². The maximum absolute atomic E-state index is 12.3. The number of unbranched alkanes of at least 4 members (excludes halogenated alkanes) is 26. The summed E-state index contributed by atoms with van der Waals surface area (Å²) in [6.45, 7) is 3.89. The summed E-state index contributed by atoms with van der Waals surface area (Å²) in [5, 5.41) is 9.61. The zero-order valence-electron chi connectivity index (χ0n) is 43.2. The lowest BCUT2D eigenvalue weighted by Crippen LogP contribution is -2.28. The number of aliphatic hydroxyl groups excluding tert-OH is 1. The van der Waals surface area contributed by atoms with Gasteiger partial charge in [-0.1, -0.05) is 252 Å². The molecule has 0 saturated heterocycles. The van der Waals surface area contributed by atoms with Crippen LogP contribution in [0.25, 0.3) is 0 Å². The summed E-state index contributed by atoms with van der Waals surface area (Å²) >= 11 is 0. The molecule has 0 fully saturated rings. The molecule has 5 heteroatoms. The average Bonchev–Trinajstić information content (AvgIpc) is 3.32. The van der Waals surface area contributed by atoms with Gasteiger partial charge in [-0.15, -0.1) is 0 Å². The highest BCUT2D eigenvalue weighted by atomic mass is 16.6. The molecule has 0 radical (unpaired) electrons. The zero-order valence-corrected chi connectivity index (χ0v) is 43.2. The zero-order chi connectivity index (χ0) is 47.7. The lowest BCUT2D eigenvalue weighted by molar-refractivity contribution is -0.161. The van der Waals surface area contributed by atoms with Crippen molar-refractivity contribution in [3.63, 3.8) is 0 Å². The first kappa shape index (κ1) is 62.8. The van der Waals surface area contributed by atoms with Crippen molar-refractivity contribution in [3.05, 3.63) is 97.2 Å². The maximum Gasteiger partial charge on any atom is 0.306 e. The van der Waals surface area contributed by atoms with Gasteiger partial charge >= 0.3 is 11.9 Å². The Morgan fingerprint density at radius 3 is 0.924 bits per heavy atom. The Kier molecular flexibility index (Phi) is 53.4. The van der Waals surface area contributed by atoms with Gasteiger partial charge in [0.25, 0.3) is 0 Å². The van der Waals surface area contributed by atoms with Gasteiger partial charge in [0.2, 0.25) is 0 Å². The number of carbonyl (C=O) groups is 2. The normalized spacial score (nSPS) is 13.0. The molecule has 5 nitrogen and oxygen atoms in total. The van der Waals surface area contributed by atoms with Crippen molar-refractivity contribution in [3.8, 4) is 0 Å². The first-order chi connectivity index (χ1) is 32.6. The molecule has 0 aromatic carbocycles. The van der Waals surface area contributed by atoms with E-state index in [0.717, 1.165) is 96.3 Å². The van der Waals surface area contributed by atoms with Crippen molar-refractivity contribution >= 4 is 11.9 Å². The van der Waals surface area contributed by atoms with E-state index in [-0.39, 0.29) is 25.2 Å². The standard InChI is InChI=1S/C61H104O5/c1-3-5-7-9-11-13-15-17-18-19-20-21-22-23-24-25-26-27-28-29-30-31-32-33-34-35-36-37-38-39-40-41-42-44-46-48-50-52-54-56-61(64)66-59(57-62)58-65-60(63)55-53-51-49-47-45-43-16-14-12-10-8-6-4-2/h5-8,11-14,17-18,20-21,23-24,43,45,59,62H,3-4,9-10,15-16,19,22,25-42,44,46-58H2,1-2H3/b7-5-,8-6-,13-11-,14-12-,18-17-,21-20-,24-23-,45-43-. The van der Waals surface area contributed by atoms with Crippen molar-refractivity contribution in [2.45, 2.75) is 264 Å². The molecular formula is C61H104O5. The van der Waals surface area contributed by atoms with Gasteiger partial charge < -0.3 is 14.6 Å². The topological polar surface area (TPSA) is 72.8 Å². The quantitative estimate of drug-likeness (QED) is 0.0374. The Balaban J connectivity index is 3.42. The van der Waals surface area contributed by atoms with Gasteiger partial charge in [-0.2, -0.15) is 0 Å². The van der Waals surface area contributed by atoms with Crippen LogP contribution in [0.15, 0.2) is 97.2 Å². The second kappa shape index (κ2) is 56.1. The molecule has 1 atom stereocenters. The molecule has 0 rings (SSSR count). The summed E-state index contributed by atoms with van der Waals surface area (Å²) in [6.07, 6.45) is 79.8. The van der Waals surface area contributed by atoms with E-state index in [1.165, 1.54) is 135 Å². The molecular weight excluding hydrogens is 813 g/mol. The second-order valence-electron chi connectivity index (χ2n) is 18.2. The van der Waals surface area contributed by atoms with Gasteiger partial charge in [0, 0.05) is 12.8 Å². The highest BCUT2D eigenvalue weighted by molar-refractivity contribution is 5.70. The van der Waals surface area contributed by atoms with E-state index in [9.17, 15) is 14.7 Å². The SMILES string of the molecule is CC/C=C\C/C=C\C/C=C\C/C=C\C/C=C\CCCCCCCCCCCCCCCCCCCCCCCCCC(=O)OC(CO)COC(=O)CCCCC/C=C\C/C=C\C/C=C\CC. The van der Waals surface area contributed by atoms with Crippen molar-refractivity contribution < 1.29 is 24.2 Å². The molecule has 0 amide bonds. The minimum atomic E-state index is -0.786. The van der Waals surface area contributed by atoms with Crippen LogP contribution in [0.5, 0.6) is 0 Å². The summed E-state index contributed by atoms with van der Waals surface area (Å²) in [6, 6.07) is 0. The number of allylic oxidation sites excluding steroid dienone is 16. The Morgan fingerprint density at radius 1 is 0.348 bits per heavy atom. The highest BCUT2D eigenvalue weighted by Crippen LogP contribution is 2.16. The number of hydrogen-bond donors (Lipinski definition) is 1. The molecule has 0 bridgehead atoms. The molecule has 0 aliphatic rings. The van der Waals surface area contributed by atoms with Crippen LogP contribution in [-0.2, 0) is 19.1 Å². The molecule has 0 aromatic heterocycles. The van der Waals surface area contributed by atoms with Crippen molar-refractivity contribution in [1.29, 1.82) is 0 Å². The first-order valence-electron chi connectivity index (χ1n) is 27.8. The number of hydrogen-bond acceptors (Lipinski definition) is 5. The molecule has 378 valence electrons. The second-order valence-corrected chi connectivity index (χ2v) is 18.2. The van der Waals surface area contributed by atoms with E-state index in [1.54, 1.807) is 0 Å². The third-order valence-electron chi connectivity index (χ3n) is 11.9. The lowest BCUT2D eigenvalue weighted by atomic mass is 10.0. The molecule has 0 saturated carbocycles. The Bertz CT molecular complexity index is 1270. The van der Waals surface area contributed by atoms with Crippen molar-refractivity contribution in [1.82, 2.24) is 0 Å². The monoisotopic (exact) mass is 917 g/mol. The maximum atomic E-state index is 12.3. The van der Waals surface area contributed by atoms with Crippen LogP contribution < -0.4 is 0 Å². The third-order valence-corrected chi connectivity index (χ3v) is 11.9. The Morgan fingerprint density at radius 2 is 0.606 bits per heavy atom. The minimum Gasteiger partial charge on any atom is -0.462 e. The van der Waals surface area contributed by atoms with E-state index in [0.29, 0.717) is 12.8 Å². The van der Waals surface area contributed by atoms with Gasteiger partial charge in [-0.05, 0) is 89.9 Å². The number of esters is 2. The molecule has 66 heavy (non-hydrogen) atoms. The van der Waals surface area contributed by atoms with Crippen LogP contribution in [0.2, 0.25) is 0 Å². The summed E-state index contributed by atoms with van der Waals surface area (Å²) in [4.78, 5) is 24.4. The minimum absolute atomic E-state index is 0.0820. The first-order valence-corrected chi connectivity index (χ1v) is 27.8. The number of rotatable bonds is 50. The van der Waals surface area contributed by atoms with Gasteiger partial charge in [0.15, 0.2) is 6.10 Å². The molecule has 0 heterocycles. The Labute approximate surface area is 408 Å². The largest absolute Gasteiger partial charge is 0.462 e.